The standard InChI is InChI=1S/C49H28BN7/c1-3-13-30(14-4-1)54-37-21-8-7-17-32(37)41-45-47-35(23-26-53-45)50-34-19-11-18-33-42-44-38(22-12-25-52-44)55(31-15-5-2-6-16-31)49(42)56(46(33)34)39-27-29(36-20-9-10-24-51-36)28-40(43(39)50)57(47)48(41)54/h1-28H. The smallest absolute Gasteiger partial charge is 0.252 e. The van der Waals surface area contributed by atoms with Crippen molar-refractivity contribution in [3.63, 3.8) is 0 Å². The van der Waals surface area contributed by atoms with Crippen LogP contribution in [0.3, 0.4) is 0 Å². The molecule has 57 heavy (non-hydrogen) atoms. The number of aromatic nitrogens is 7. The lowest BCUT2D eigenvalue weighted by atomic mass is 9.34. The summed E-state index contributed by atoms with van der Waals surface area (Å²) < 4.78 is 9.88. The molecule has 2 aliphatic heterocycles. The Morgan fingerprint density at radius 1 is 0.421 bits per heavy atom. The Hall–Kier alpha value is -7.71. The fourth-order valence-electron chi connectivity index (χ4n) is 10.4. The van der Waals surface area contributed by atoms with Crippen LogP contribution in [0.1, 0.15) is 0 Å². The molecule has 7 nitrogen and oxygen atoms in total. The van der Waals surface area contributed by atoms with Crippen molar-refractivity contribution < 1.29 is 0 Å². The van der Waals surface area contributed by atoms with Crippen LogP contribution in [-0.2, 0) is 0 Å². The van der Waals surface area contributed by atoms with Crippen molar-refractivity contribution in [3.8, 4) is 34.0 Å². The summed E-state index contributed by atoms with van der Waals surface area (Å²) in [6.07, 6.45) is 5.83. The fourth-order valence-corrected chi connectivity index (χ4v) is 10.4. The van der Waals surface area contributed by atoms with Gasteiger partial charge in [0.2, 0.25) is 0 Å². The third-order valence-electron chi connectivity index (χ3n) is 12.5. The summed E-state index contributed by atoms with van der Waals surface area (Å²) >= 11 is 0. The molecule has 0 atom stereocenters. The number of fused-ring (bicyclic) bond motifs is 14. The Labute approximate surface area is 325 Å². The van der Waals surface area contributed by atoms with Crippen molar-refractivity contribution in [1.29, 1.82) is 0 Å². The average molecular weight is 726 g/mol. The fraction of sp³-hybridized carbons (Fsp3) is 0. The first kappa shape index (κ1) is 29.6. The number of hydrogen-bond donors (Lipinski definition) is 0. The summed E-state index contributed by atoms with van der Waals surface area (Å²) in [6.45, 7) is -0.0270. The lowest BCUT2D eigenvalue weighted by Gasteiger charge is -2.34. The second-order valence-electron chi connectivity index (χ2n) is 15.2. The normalized spacial score (nSPS) is 12.9. The van der Waals surface area contributed by atoms with Gasteiger partial charge in [-0.1, -0.05) is 78.9 Å². The first-order chi connectivity index (χ1) is 28.3. The Kier molecular flexibility index (Phi) is 5.47. The second kappa shape index (κ2) is 10.5. The van der Waals surface area contributed by atoms with Crippen molar-refractivity contribution in [2.75, 3.05) is 0 Å². The molecule has 0 unspecified atom stereocenters. The van der Waals surface area contributed by atoms with Crippen LogP contribution in [0.4, 0.5) is 0 Å². The van der Waals surface area contributed by atoms with Gasteiger partial charge in [0.25, 0.3) is 6.71 Å². The first-order valence-electron chi connectivity index (χ1n) is 19.4. The molecular weight excluding hydrogens is 697 g/mol. The minimum Gasteiger partial charge on any atom is -0.296 e. The van der Waals surface area contributed by atoms with E-state index >= 15 is 0 Å². The van der Waals surface area contributed by atoms with E-state index in [9.17, 15) is 0 Å². The molecule has 0 saturated carbocycles. The molecule has 0 saturated heterocycles. The maximum atomic E-state index is 5.23. The van der Waals surface area contributed by atoms with Gasteiger partial charge in [0.15, 0.2) is 0 Å². The van der Waals surface area contributed by atoms with Crippen LogP contribution in [0.25, 0.3) is 99.9 Å². The van der Waals surface area contributed by atoms with E-state index in [0.717, 1.165) is 83.7 Å². The Bertz CT molecular complexity index is 3470. The van der Waals surface area contributed by atoms with Gasteiger partial charge in [0.1, 0.15) is 11.3 Å². The Morgan fingerprint density at radius 3 is 1.81 bits per heavy atom. The van der Waals surface area contributed by atoms with Gasteiger partial charge in [-0.25, -0.2) is 0 Å². The number of nitrogens with zero attached hydrogens (tertiary/aromatic N) is 7. The van der Waals surface area contributed by atoms with Gasteiger partial charge in [-0.2, -0.15) is 0 Å². The largest absolute Gasteiger partial charge is 0.296 e. The van der Waals surface area contributed by atoms with E-state index in [1.807, 2.05) is 30.7 Å². The molecule has 0 fully saturated rings. The van der Waals surface area contributed by atoms with Crippen molar-refractivity contribution in [3.05, 3.63) is 170 Å². The van der Waals surface area contributed by atoms with E-state index in [1.165, 1.54) is 32.7 Å². The first-order valence-corrected chi connectivity index (χ1v) is 19.4. The van der Waals surface area contributed by atoms with Gasteiger partial charge < -0.3 is 0 Å². The molecule has 12 aromatic rings. The number of para-hydroxylation sites is 4. The van der Waals surface area contributed by atoms with Crippen LogP contribution in [0.15, 0.2) is 170 Å². The van der Waals surface area contributed by atoms with Gasteiger partial charge in [-0.15, -0.1) is 0 Å². The van der Waals surface area contributed by atoms with Crippen LogP contribution in [-0.4, -0.2) is 39.9 Å². The molecule has 9 heterocycles. The molecule has 262 valence electrons. The molecule has 0 radical (unpaired) electrons. The van der Waals surface area contributed by atoms with Crippen LogP contribution >= 0.6 is 0 Å². The summed E-state index contributed by atoms with van der Waals surface area (Å²) in [7, 11) is 0. The zero-order valence-electron chi connectivity index (χ0n) is 30.4. The molecule has 0 amide bonds. The highest BCUT2D eigenvalue weighted by Gasteiger charge is 2.43. The quantitative estimate of drug-likeness (QED) is 0.171. The summed E-state index contributed by atoms with van der Waals surface area (Å²) in [6, 6.07) is 54.5. The highest BCUT2D eigenvalue weighted by Crippen LogP contribution is 2.45. The highest BCUT2D eigenvalue weighted by molar-refractivity contribution is 7.00. The van der Waals surface area contributed by atoms with Crippen LogP contribution < -0.4 is 16.4 Å². The molecule has 14 rings (SSSR count). The predicted molar refractivity (Wildman–Crippen MR) is 232 cm³/mol. The Morgan fingerprint density at radius 2 is 1.04 bits per heavy atom. The molecule has 0 N–H and O–H groups in total. The molecule has 0 aliphatic carbocycles. The summed E-state index contributed by atoms with van der Waals surface area (Å²) in [5.41, 5.74) is 19.2. The third kappa shape index (κ3) is 3.57. The van der Waals surface area contributed by atoms with Crippen molar-refractivity contribution in [1.82, 2.24) is 33.2 Å². The predicted octanol–water partition coefficient (Wildman–Crippen LogP) is 8.76. The molecule has 0 bridgehead atoms. The number of benzene rings is 5. The zero-order chi connectivity index (χ0) is 36.9. The monoisotopic (exact) mass is 725 g/mol. The highest BCUT2D eigenvalue weighted by atomic mass is 15.2. The van der Waals surface area contributed by atoms with E-state index in [2.05, 4.69) is 158 Å². The maximum Gasteiger partial charge on any atom is 0.252 e. The van der Waals surface area contributed by atoms with Crippen LogP contribution in [0, 0.1) is 0 Å². The van der Waals surface area contributed by atoms with E-state index in [4.69, 9.17) is 15.0 Å². The van der Waals surface area contributed by atoms with Gasteiger partial charge in [0, 0.05) is 57.7 Å². The van der Waals surface area contributed by atoms with Gasteiger partial charge in [0.05, 0.1) is 49.6 Å². The van der Waals surface area contributed by atoms with Crippen LogP contribution in [0.5, 0.6) is 0 Å². The van der Waals surface area contributed by atoms with E-state index in [0.29, 0.717) is 0 Å². The summed E-state index contributed by atoms with van der Waals surface area (Å²) in [5, 5.41) is 4.72. The second-order valence-corrected chi connectivity index (χ2v) is 15.2. The summed E-state index contributed by atoms with van der Waals surface area (Å²) in [5.74, 6) is 0. The number of pyridine rings is 3. The average Bonchev–Trinajstić information content (AvgIpc) is 4.00. The third-order valence-corrected chi connectivity index (χ3v) is 12.5. The van der Waals surface area contributed by atoms with E-state index in [1.54, 1.807) is 0 Å². The van der Waals surface area contributed by atoms with Crippen molar-refractivity contribution in [2.24, 2.45) is 0 Å². The molecule has 0 spiro atoms. The molecule has 5 aromatic carbocycles. The molecule has 2 aliphatic rings. The maximum absolute atomic E-state index is 5.23. The topological polar surface area (TPSA) is 58.4 Å². The molecular formula is C49H28BN7. The molecule has 7 aromatic heterocycles. The van der Waals surface area contributed by atoms with Gasteiger partial charge in [-0.05, 0) is 89.2 Å². The minimum absolute atomic E-state index is 0.0270. The lowest BCUT2D eigenvalue weighted by Crippen LogP contribution is -2.59. The van der Waals surface area contributed by atoms with Crippen molar-refractivity contribution >= 4 is 89.0 Å². The zero-order valence-corrected chi connectivity index (χ0v) is 30.4. The lowest BCUT2D eigenvalue weighted by molar-refractivity contribution is 1.05. The van der Waals surface area contributed by atoms with E-state index < -0.39 is 0 Å². The number of rotatable bonds is 3. The van der Waals surface area contributed by atoms with E-state index in [-0.39, 0.29) is 6.71 Å². The van der Waals surface area contributed by atoms with Crippen LogP contribution in [0.2, 0.25) is 0 Å². The van der Waals surface area contributed by atoms with Gasteiger partial charge >= 0.3 is 0 Å². The minimum atomic E-state index is -0.0270. The Balaban J connectivity index is 1.24. The summed E-state index contributed by atoms with van der Waals surface area (Å²) in [4.78, 5) is 15.3. The van der Waals surface area contributed by atoms with Gasteiger partial charge in [-0.3, -0.25) is 33.2 Å². The number of hydrogen-bond acceptors (Lipinski definition) is 3. The SMILES string of the molecule is c1ccc(-n2c3cccnc3c3c4cccc5c4n(c32)-c2cc(-c3ccccn3)cc3c2B5c2ccnc4c5c6ccccc6n(-c6ccccc6)c5n-3c24)cc1. The van der Waals surface area contributed by atoms with Crippen molar-refractivity contribution in [2.45, 2.75) is 0 Å². The molecule has 8 heteroatoms.